The van der Waals surface area contributed by atoms with E-state index >= 15 is 0 Å². The van der Waals surface area contributed by atoms with Crippen molar-refractivity contribution in [1.82, 2.24) is 14.8 Å². The third kappa shape index (κ3) is 6.12. The van der Waals surface area contributed by atoms with Crippen LogP contribution in [0.4, 0.5) is 10.1 Å². The number of halogens is 1. The molecule has 0 saturated heterocycles. The van der Waals surface area contributed by atoms with Crippen LogP contribution in [0.2, 0.25) is 0 Å². The van der Waals surface area contributed by atoms with Crippen LogP contribution < -0.4 is 10.1 Å². The first-order valence-electron chi connectivity index (χ1n) is 11.8. The molecule has 1 heterocycles. The van der Waals surface area contributed by atoms with E-state index in [0.717, 1.165) is 11.4 Å². The minimum Gasteiger partial charge on any atom is -0.483 e. The fraction of sp³-hybridized carbons (Fsp3) is 0.250. The van der Waals surface area contributed by atoms with Gasteiger partial charge >= 0.3 is 0 Å². The van der Waals surface area contributed by atoms with E-state index in [9.17, 15) is 9.18 Å². The van der Waals surface area contributed by atoms with Gasteiger partial charge in [-0.1, -0.05) is 55.9 Å². The Morgan fingerprint density at radius 3 is 2.22 bits per heavy atom. The van der Waals surface area contributed by atoms with Crippen molar-refractivity contribution >= 4 is 23.4 Å². The van der Waals surface area contributed by atoms with Gasteiger partial charge in [0.15, 0.2) is 17.1 Å². The van der Waals surface area contributed by atoms with Gasteiger partial charge in [-0.2, -0.15) is 0 Å². The van der Waals surface area contributed by atoms with Gasteiger partial charge in [-0.05, 0) is 73.9 Å². The number of rotatable bonds is 9. The highest BCUT2D eigenvalue weighted by Gasteiger charge is 2.24. The first-order valence-corrected chi connectivity index (χ1v) is 12.7. The van der Waals surface area contributed by atoms with Gasteiger partial charge in [-0.3, -0.25) is 9.36 Å². The molecule has 0 bridgehead atoms. The summed E-state index contributed by atoms with van der Waals surface area (Å²) in [4.78, 5) is 12.8. The zero-order valence-corrected chi connectivity index (χ0v) is 21.5. The summed E-state index contributed by atoms with van der Waals surface area (Å²) in [6.07, 6.45) is -0.389. The van der Waals surface area contributed by atoms with Gasteiger partial charge < -0.3 is 10.1 Å². The highest BCUT2D eigenvalue weighted by molar-refractivity contribution is 8.00. The Balaban J connectivity index is 1.55. The van der Waals surface area contributed by atoms with Gasteiger partial charge in [0.05, 0.1) is 5.25 Å². The standard InChI is InChI=1S/C28H29FN4O2S/c1-18(2)21-10-16-25(17-11-21)35-19(3)26-31-32-28(33(26)24-8-6-5-7-9-24)36-20(4)27(34)30-23-14-12-22(29)13-15-23/h5-20H,1-4H3,(H,30,34). The monoisotopic (exact) mass is 504 g/mol. The molecule has 4 aromatic rings. The number of thioether (sulfide) groups is 1. The van der Waals surface area contributed by atoms with E-state index in [0.29, 0.717) is 22.6 Å². The minimum absolute atomic E-state index is 0.217. The molecule has 0 fully saturated rings. The highest BCUT2D eigenvalue weighted by atomic mass is 32.2. The lowest BCUT2D eigenvalue weighted by Gasteiger charge is -2.18. The Morgan fingerprint density at radius 2 is 1.58 bits per heavy atom. The second-order valence-electron chi connectivity index (χ2n) is 8.75. The smallest absolute Gasteiger partial charge is 0.237 e. The van der Waals surface area contributed by atoms with E-state index in [1.54, 1.807) is 6.92 Å². The van der Waals surface area contributed by atoms with Crippen molar-refractivity contribution in [3.8, 4) is 11.4 Å². The van der Waals surface area contributed by atoms with Gasteiger partial charge in [0.25, 0.3) is 0 Å². The summed E-state index contributed by atoms with van der Waals surface area (Å²) < 4.78 is 21.3. The molecule has 6 nitrogen and oxygen atoms in total. The Hall–Kier alpha value is -3.65. The molecule has 0 saturated carbocycles. The molecule has 3 aromatic carbocycles. The molecule has 36 heavy (non-hydrogen) atoms. The maximum Gasteiger partial charge on any atom is 0.237 e. The summed E-state index contributed by atoms with van der Waals surface area (Å²) >= 11 is 1.29. The van der Waals surface area contributed by atoms with Crippen molar-refractivity contribution in [2.24, 2.45) is 0 Å². The zero-order chi connectivity index (χ0) is 25.7. The summed E-state index contributed by atoms with van der Waals surface area (Å²) in [7, 11) is 0. The van der Waals surface area contributed by atoms with Crippen molar-refractivity contribution in [3.05, 3.63) is 96.1 Å². The number of hydrogen-bond acceptors (Lipinski definition) is 5. The van der Waals surface area contributed by atoms with Gasteiger partial charge in [0, 0.05) is 11.4 Å². The lowest BCUT2D eigenvalue weighted by Crippen LogP contribution is -2.23. The average molecular weight is 505 g/mol. The van der Waals surface area contributed by atoms with Crippen LogP contribution >= 0.6 is 11.8 Å². The third-order valence-corrected chi connectivity index (χ3v) is 6.70. The lowest BCUT2D eigenvalue weighted by atomic mass is 10.0. The van der Waals surface area contributed by atoms with Crippen molar-refractivity contribution in [3.63, 3.8) is 0 Å². The third-order valence-electron chi connectivity index (χ3n) is 5.66. The summed E-state index contributed by atoms with van der Waals surface area (Å²) in [6, 6.07) is 23.5. The Labute approximate surface area is 214 Å². The van der Waals surface area contributed by atoms with Crippen LogP contribution in [0.1, 0.15) is 51.1 Å². The largest absolute Gasteiger partial charge is 0.483 e. The quantitative estimate of drug-likeness (QED) is 0.254. The molecule has 8 heteroatoms. The summed E-state index contributed by atoms with van der Waals surface area (Å²) in [5, 5.41) is 11.7. The van der Waals surface area contributed by atoms with E-state index in [-0.39, 0.29) is 17.8 Å². The van der Waals surface area contributed by atoms with Crippen molar-refractivity contribution in [2.45, 2.75) is 50.1 Å². The molecule has 1 N–H and O–H groups in total. The Kier molecular flexibility index (Phi) is 8.05. The summed E-state index contributed by atoms with van der Waals surface area (Å²) in [5.41, 5.74) is 2.65. The van der Waals surface area contributed by atoms with Crippen LogP contribution in [0, 0.1) is 5.82 Å². The van der Waals surface area contributed by atoms with Crippen molar-refractivity contribution in [1.29, 1.82) is 0 Å². The molecule has 0 aliphatic carbocycles. The second-order valence-corrected chi connectivity index (χ2v) is 10.1. The number of carbonyl (C=O) groups excluding carboxylic acids is 1. The van der Waals surface area contributed by atoms with Crippen LogP contribution in [0.15, 0.2) is 84.0 Å². The van der Waals surface area contributed by atoms with E-state index in [1.165, 1.54) is 41.6 Å². The number of carbonyl (C=O) groups is 1. The molecule has 0 aliphatic heterocycles. The van der Waals surface area contributed by atoms with E-state index in [4.69, 9.17) is 4.74 Å². The second kappa shape index (κ2) is 11.4. The van der Waals surface area contributed by atoms with Crippen LogP contribution in [0.3, 0.4) is 0 Å². The molecular weight excluding hydrogens is 475 g/mol. The number of hydrogen-bond donors (Lipinski definition) is 1. The number of ether oxygens (including phenoxy) is 1. The minimum atomic E-state index is -0.477. The number of nitrogens with one attached hydrogen (secondary N) is 1. The predicted octanol–water partition coefficient (Wildman–Crippen LogP) is 6.79. The summed E-state index contributed by atoms with van der Waals surface area (Å²) in [5.74, 6) is 1.24. The highest BCUT2D eigenvalue weighted by Crippen LogP contribution is 2.30. The van der Waals surface area contributed by atoms with Gasteiger partial charge in [0.1, 0.15) is 11.6 Å². The number of para-hydroxylation sites is 1. The SMILES string of the molecule is CC(Sc1nnc(C(C)Oc2ccc(C(C)C)cc2)n1-c1ccccc1)C(=O)Nc1ccc(F)cc1. The molecule has 0 spiro atoms. The number of benzene rings is 3. The lowest BCUT2D eigenvalue weighted by molar-refractivity contribution is -0.115. The fourth-order valence-corrected chi connectivity index (χ4v) is 4.49. The van der Waals surface area contributed by atoms with Crippen molar-refractivity contribution < 1.29 is 13.9 Å². The van der Waals surface area contributed by atoms with Crippen LogP contribution in [0.25, 0.3) is 5.69 Å². The molecule has 4 rings (SSSR count). The van der Waals surface area contributed by atoms with Gasteiger partial charge in [-0.25, -0.2) is 4.39 Å². The van der Waals surface area contributed by atoms with E-state index in [1.807, 2.05) is 54.0 Å². The van der Waals surface area contributed by atoms with E-state index in [2.05, 4.69) is 41.5 Å². The number of nitrogens with zero attached hydrogens (tertiary/aromatic N) is 3. The summed E-state index contributed by atoms with van der Waals surface area (Å²) in [6.45, 7) is 8.03. The zero-order valence-electron chi connectivity index (χ0n) is 20.7. The molecule has 2 unspecified atom stereocenters. The van der Waals surface area contributed by atoms with Crippen LogP contribution in [0.5, 0.6) is 5.75 Å². The van der Waals surface area contributed by atoms with Crippen LogP contribution in [-0.4, -0.2) is 25.9 Å². The Bertz CT molecular complexity index is 1290. The molecule has 0 aliphatic rings. The average Bonchev–Trinajstić information content (AvgIpc) is 3.29. The normalized spacial score (nSPS) is 12.8. The van der Waals surface area contributed by atoms with Crippen LogP contribution in [-0.2, 0) is 4.79 Å². The Morgan fingerprint density at radius 1 is 0.917 bits per heavy atom. The number of anilines is 1. The molecular formula is C28H29FN4O2S. The maximum absolute atomic E-state index is 13.2. The fourth-order valence-electron chi connectivity index (χ4n) is 3.62. The van der Waals surface area contributed by atoms with Gasteiger partial charge in [0.2, 0.25) is 5.91 Å². The first kappa shape index (κ1) is 25.4. The molecule has 1 amide bonds. The van der Waals surface area contributed by atoms with Crippen molar-refractivity contribution in [2.75, 3.05) is 5.32 Å². The van der Waals surface area contributed by atoms with E-state index < -0.39 is 5.25 Å². The number of aromatic nitrogens is 3. The molecule has 186 valence electrons. The first-order chi connectivity index (χ1) is 17.3. The maximum atomic E-state index is 13.2. The molecule has 2 atom stereocenters. The number of amides is 1. The molecule has 1 aromatic heterocycles. The predicted molar refractivity (Wildman–Crippen MR) is 141 cm³/mol. The topological polar surface area (TPSA) is 69.0 Å². The van der Waals surface area contributed by atoms with Gasteiger partial charge in [-0.15, -0.1) is 10.2 Å². The molecule has 0 radical (unpaired) electrons.